The first-order valence-electron chi connectivity index (χ1n) is 5.28. The minimum Gasteiger partial charge on any atom is -0.381 e. The van der Waals surface area contributed by atoms with E-state index in [9.17, 15) is 14.6 Å². The molecule has 0 unspecified atom stereocenters. The maximum atomic E-state index is 12.8. The normalized spacial score (nSPS) is 11.9. The largest absolute Gasteiger partial charge is 0.381 e. The molecule has 0 aliphatic heterocycles. The van der Waals surface area contributed by atoms with Crippen LogP contribution in [0.15, 0.2) is 24.3 Å². The predicted octanol–water partition coefficient (Wildman–Crippen LogP) is 0.474. The molecule has 1 aromatic carbocycles. The van der Waals surface area contributed by atoms with Crippen molar-refractivity contribution in [3.63, 3.8) is 0 Å². The Balaban J connectivity index is 2.26. The van der Waals surface area contributed by atoms with Crippen LogP contribution in [0.3, 0.4) is 0 Å². The second-order valence-corrected chi connectivity index (χ2v) is 4.19. The zero-order valence-corrected chi connectivity index (χ0v) is 11.3. The topological polar surface area (TPSA) is 49.7 Å². The van der Waals surface area contributed by atoms with Crippen LogP contribution in [-0.4, -0.2) is 26.7 Å². The summed E-state index contributed by atoms with van der Waals surface area (Å²) in [7, 11) is 0.291. The summed E-state index contributed by atoms with van der Waals surface area (Å²) in [6.07, 6.45) is 2.32. The second-order valence-electron chi connectivity index (χ2n) is 3.78. The molecule has 0 amide bonds. The van der Waals surface area contributed by atoms with E-state index in [0.29, 0.717) is 16.9 Å². The number of rotatable bonds is 6. The van der Waals surface area contributed by atoms with Crippen molar-refractivity contribution in [2.24, 2.45) is 0 Å². The van der Waals surface area contributed by atoms with Crippen molar-refractivity contribution < 1.29 is 19.0 Å². The summed E-state index contributed by atoms with van der Waals surface area (Å²) in [6, 6.07) is 6.44. The maximum Gasteiger partial charge on any atom is 0.267 e. The van der Waals surface area contributed by atoms with Gasteiger partial charge in [-0.3, -0.25) is 0 Å². The number of unbranched alkanes of at least 4 members (excludes halogenated alkanes) is 1. The van der Waals surface area contributed by atoms with Crippen LogP contribution in [0.25, 0.3) is 0 Å². The number of aryl methyl sites for hydroxylation is 1. The van der Waals surface area contributed by atoms with Crippen LogP contribution in [0.4, 0.5) is 4.39 Å². The van der Waals surface area contributed by atoms with Crippen LogP contribution in [-0.2, 0) is 10.8 Å². The summed E-state index contributed by atoms with van der Waals surface area (Å²) < 4.78 is 17.4. The lowest BCUT2D eigenvalue weighted by Crippen LogP contribution is -2.30. The van der Waals surface area contributed by atoms with Gasteiger partial charge < -0.3 is 14.6 Å². The molecule has 2 N–H and O–H groups in total. The number of halogens is 1. The standard InChI is InChI=1S/C11H17FO3Si/c12-10-6-3-5-9(8-10)4-1-2-7-11(13,14)15-16/h3,5-6,8,13-14H,1-2,4,7H2,16H3. The summed E-state index contributed by atoms with van der Waals surface area (Å²) in [5.74, 6) is -2.22. The number of benzene rings is 1. The summed E-state index contributed by atoms with van der Waals surface area (Å²) >= 11 is 0. The van der Waals surface area contributed by atoms with Crippen molar-refractivity contribution in [1.29, 1.82) is 0 Å². The van der Waals surface area contributed by atoms with E-state index in [1.807, 2.05) is 6.07 Å². The highest BCUT2D eigenvalue weighted by molar-refractivity contribution is 5.98. The molecule has 0 bridgehead atoms. The van der Waals surface area contributed by atoms with Crippen LogP contribution < -0.4 is 0 Å². The van der Waals surface area contributed by atoms with E-state index in [1.165, 1.54) is 12.1 Å². The fraction of sp³-hybridized carbons (Fsp3) is 0.455. The molecule has 0 aromatic heterocycles. The van der Waals surface area contributed by atoms with Gasteiger partial charge in [-0.2, -0.15) is 0 Å². The minimum absolute atomic E-state index is 0.186. The number of hydrogen-bond acceptors (Lipinski definition) is 3. The third-order valence-electron chi connectivity index (χ3n) is 2.43. The molecular weight excluding hydrogens is 227 g/mol. The van der Waals surface area contributed by atoms with Gasteiger partial charge in [0.05, 0.1) is 0 Å². The Kier molecular flexibility index (Phi) is 5.07. The lowest BCUT2D eigenvalue weighted by atomic mass is 10.1. The first-order valence-corrected chi connectivity index (χ1v) is 6.09. The fourth-order valence-corrected chi connectivity index (χ4v) is 1.68. The molecule has 0 spiro atoms. The van der Waals surface area contributed by atoms with E-state index >= 15 is 0 Å². The number of hydrogen-bond donors (Lipinski definition) is 2. The monoisotopic (exact) mass is 244 g/mol. The Morgan fingerprint density at radius 3 is 2.69 bits per heavy atom. The Hall–Kier alpha value is -0.753. The molecule has 1 aromatic rings. The third kappa shape index (κ3) is 4.85. The highest BCUT2D eigenvalue weighted by Crippen LogP contribution is 2.13. The third-order valence-corrected chi connectivity index (χ3v) is 3.09. The highest BCUT2D eigenvalue weighted by atomic mass is 28.2. The Bertz CT molecular complexity index is 331. The predicted molar refractivity (Wildman–Crippen MR) is 62.1 cm³/mol. The van der Waals surface area contributed by atoms with Crippen molar-refractivity contribution in [3.8, 4) is 0 Å². The van der Waals surface area contributed by atoms with Crippen molar-refractivity contribution >= 4 is 10.5 Å². The van der Waals surface area contributed by atoms with Gasteiger partial charge in [0.2, 0.25) is 0 Å². The van der Waals surface area contributed by atoms with Crippen molar-refractivity contribution in [2.45, 2.75) is 31.7 Å². The molecule has 0 atom stereocenters. The van der Waals surface area contributed by atoms with Gasteiger partial charge in [-0.1, -0.05) is 12.1 Å². The molecule has 0 aliphatic rings. The van der Waals surface area contributed by atoms with Crippen LogP contribution in [0.2, 0.25) is 0 Å². The van der Waals surface area contributed by atoms with E-state index < -0.39 is 5.97 Å². The van der Waals surface area contributed by atoms with Gasteiger partial charge in [0, 0.05) is 6.42 Å². The molecule has 3 nitrogen and oxygen atoms in total. The molecule has 0 radical (unpaired) electrons. The molecular formula is C11H17FO3Si. The summed E-state index contributed by atoms with van der Waals surface area (Å²) in [5.41, 5.74) is 0.924. The molecule has 0 heterocycles. The molecule has 0 fully saturated rings. The van der Waals surface area contributed by atoms with Crippen molar-refractivity contribution in [2.75, 3.05) is 0 Å². The van der Waals surface area contributed by atoms with E-state index in [2.05, 4.69) is 4.43 Å². The lowest BCUT2D eigenvalue weighted by Gasteiger charge is -2.19. The highest BCUT2D eigenvalue weighted by Gasteiger charge is 2.19. The van der Waals surface area contributed by atoms with Crippen LogP contribution in [0.5, 0.6) is 0 Å². The number of aliphatic hydroxyl groups is 2. The molecule has 0 saturated carbocycles. The zero-order valence-electron chi connectivity index (χ0n) is 9.32. The van der Waals surface area contributed by atoms with E-state index in [0.717, 1.165) is 18.4 Å². The molecule has 16 heavy (non-hydrogen) atoms. The van der Waals surface area contributed by atoms with Gasteiger partial charge in [0.1, 0.15) is 5.82 Å². The van der Waals surface area contributed by atoms with Gasteiger partial charge in [-0.25, -0.2) is 4.39 Å². The van der Waals surface area contributed by atoms with Gasteiger partial charge in [-0.05, 0) is 37.0 Å². The second kappa shape index (κ2) is 6.10. The first-order chi connectivity index (χ1) is 7.53. The average molecular weight is 244 g/mol. The Morgan fingerprint density at radius 1 is 1.31 bits per heavy atom. The zero-order chi connectivity index (χ0) is 12.0. The van der Waals surface area contributed by atoms with Crippen LogP contribution in [0.1, 0.15) is 24.8 Å². The van der Waals surface area contributed by atoms with Crippen molar-refractivity contribution in [3.05, 3.63) is 35.6 Å². The summed E-state index contributed by atoms with van der Waals surface area (Å²) in [5, 5.41) is 18.3. The molecule has 0 aliphatic carbocycles. The Morgan fingerprint density at radius 2 is 2.06 bits per heavy atom. The average Bonchev–Trinajstić information content (AvgIpc) is 2.25. The first kappa shape index (κ1) is 13.3. The van der Waals surface area contributed by atoms with Gasteiger partial charge >= 0.3 is 0 Å². The quantitative estimate of drug-likeness (QED) is 0.434. The Labute approximate surface area is 97.4 Å². The molecule has 90 valence electrons. The molecule has 1 rings (SSSR count). The SMILES string of the molecule is OC(O)(CCCCc1cccc(F)c1)O[SiH3]. The maximum absolute atomic E-state index is 12.8. The van der Waals surface area contributed by atoms with Gasteiger partial charge in [-0.15, -0.1) is 0 Å². The fourth-order valence-electron chi connectivity index (χ4n) is 1.48. The molecule has 5 heteroatoms. The van der Waals surface area contributed by atoms with E-state index in [1.54, 1.807) is 6.07 Å². The smallest absolute Gasteiger partial charge is 0.267 e. The van der Waals surface area contributed by atoms with Crippen LogP contribution >= 0.6 is 0 Å². The minimum atomic E-state index is -1.98. The van der Waals surface area contributed by atoms with Crippen molar-refractivity contribution in [1.82, 2.24) is 0 Å². The van der Waals surface area contributed by atoms with Gasteiger partial charge in [0.25, 0.3) is 5.97 Å². The summed E-state index contributed by atoms with van der Waals surface area (Å²) in [4.78, 5) is 0. The van der Waals surface area contributed by atoms with E-state index in [-0.39, 0.29) is 12.2 Å². The summed E-state index contributed by atoms with van der Waals surface area (Å²) in [6.45, 7) is 0. The van der Waals surface area contributed by atoms with Gasteiger partial charge in [0.15, 0.2) is 10.5 Å². The lowest BCUT2D eigenvalue weighted by molar-refractivity contribution is -0.295. The van der Waals surface area contributed by atoms with E-state index in [4.69, 9.17) is 0 Å². The molecule has 0 saturated heterocycles. The van der Waals surface area contributed by atoms with Crippen LogP contribution in [0, 0.1) is 5.82 Å².